The molecule has 1 aliphatic rings. The summed E-state index contributed by atoms with van der Waals surface area (Å²) in [7, 11) is -3.54. The van der Waals surface area contributed by atoms with Crippen LogP contribution in [0.25, 0.3) is 0 Å². The van der Waals surface area contributed by atoms with Crippen LogP contribution in [-0.4, -0.2) is 31.6 Å². The topological polar surface area (TPSA) is 54.5 Å². The number of hydrogen-bond acceptors (Lipinski definition) is 3. The third-order valence-corrected chi connectivity index (χ3v) is 5.17. The Labute approximate surface area is 108 Å². The number of sulfonamides is 1. The molecule has 0 spiro atoms. The van der Waals surface area contributed by atoms with Gasteiger partial charge in [-0.05, 0) is 37.5 Å². The van der Waals surface area contributed by atoms with E-state index in [0.717, 1.165) is 24.7 Å². The summed E-state index contributed by atoms with van der Waals surface area (Å²) < 4.78 is 26.3. The molecular weight excluding hydrogens is 250 g/mol. The van der Waals surface area contributed by atoms with E-state index in [1.54, 1.807) is 18.2 Å². The van der Waals surface area contributed by atoms with Crippen LogP contribution in [-0.2, 0) is 14.8 Å². The van der Waals surface area contributed by atoms with Crippen molar-refractivity contribution in [2.45, 2.75) is 37.1 Å². The highest BCUT2D eigenvalue weighted by atomic mass is 32.2. The van der Waals surface area contributed by atoms with Crippen molar-refractivity contribution in [3.05, 3.63) is 29.8 Å². The van der Waals surface area contributed by atoms with Gasteiger partial charge in [-0.2, -0.15) is 4.31 Å². The van der Waals surface area contributed by atoms with Crippen LogP contribution in [0.5, 0.6) is 0 Å². The van der Waals surface area contributed by atoms with Crippen molar-refractivity contribution in [1.29, 1.82) is 0 Å². The number of aryl methyl sites for hydroxylation is 1. The molecule has 1 heterocycles. The average molecular weight is 267 g/mol. The summed E-state index contributed by atoms with van der Waals surface area (Å²) in [5.74, 6) is 0. The molecule has 2 rings (SSSR count). The highest BCUT2D eigenvalue weighted by Gasteiger charge is 2.33. The molecule has 0 bridgehead atoms. The van der Waals surface area contributed by atoms with E-state index in [0.29, 0.717) is 13.0 Å². The largest absolute Gasteiger partial charge is 0.302 e. The molecule has 0 N–H and O–H groups in total. The van der Waals surface area contributed by atoms with Gasteiger partial charge in [-0.1, -0.05) is 18.6 Å². The number of benzene rings is 1. The number of nitrogens with zero attached hydrogens (tertiary/aromatic N) is 1. The number of carbonyl (C=O) groups excluding carboxylic acids is 1. The number of rotatable bonds is 3. The summed E-state index contributed by atoms with van der Waals surface area (Å²) >= 11 is 0. The van der Waals surface area contributed by atoms with Gasteiger partial charge in [-0.3, -0.25) is 0 Å². The standard InChI is InChI=1S/C13H17NO3S/c1-11-5-4-7-13(9-11)18(16,17)14-8-3-2-6-12(14)10-15/h4-5,7,9-10,12H,2-3,6,8H2,1H3. The van der Waals surface area contributed by atoms with Crippen molar-refractivity contribution in [2.75, 3.05) is 6.54 Å². The van der Waals surface area contributed by atoms with Gasteiger partial charge in [0.25, 0.3) is 0 Å². The van der Waals surface area contributed by atoms with Crippen molar-refractivity contribution in [2.24, 2.45) is 0 Å². The molecule has 1 atom stereocenters. The lowest BCUT2D eigenvalue weighted by atomic mass is 10.1. The van der Waals surface area contributed by atoms with Crippen LogP contribution in [0.4, 0.5) is 0 Å². The molecule has 1 unspecified atom stereocenters. The first-order valence-corrected chi connectivity index (χ1v) is 7.53. The molecule has 4 nitrogen and oxygen atoms in total. The first-order chi connectivity index (χ1) is 8.55. The summed E-state index contributed by atoms with van der Waals surface area (Å²) in [6.45, 7) is 2.28. The number of aldehydes is 1. The second kappa shape index (κ2) is 5.20. The molecule has 18 heavy (non-hydrogen) atoms. The molecule has 1 aliphatic heterocycles. The number of piperidine rings is 1. The highest BCUT2D eigenvalue weighted by Crippen LogP contribution is 2.24. The van der Waals surface area contributed by atoms with Crippen LogP contribution in [0.1, 0.15) is 24.8 Å². The third-order valence-electron chi connectivity index (χ3n) is 3.25. The Morgan fingerprint density at radius 3 is 2.78 bits per heavy atom. The van der Waals surface area contributed by atoms with E-state index in [-0.39, 0.29) is 4.90 Å². The normalized spacial score (nSPS) is 21.7. The molecule has 5 heteroatoms. The summed E-state index contributed by atoms with van der Waals surface area (Å²) in [5, 5.41) is 0. The fourth-order valence-electron chi connectivity index (χ4n) is 2.28. The molecule has 1 fully saturated rings. The maximum absolute atomic E-state index is 12.5. The molecule has 0 saturated carbocycles. The molecule has 1 saturated heterocycles. The Balaban J connectivity index is 2.38. The second-order valence-corrected chi connectivity index (χ2v) is 6.52. The lowest BCUT2D eigenvalue weighted by molar-refractivity contribution is -0.111. The first-order valence-electron chi connectivity index (χ1n) is 6.09. The number of hydrogen-bond donors (Lipinski definition) is 0. The maximum atomic E-state index is 12.5. The van der Waals surface area contributed by atoms with E-state index in [4.69, 9.17) is 0 Å². The van der Waals surface area contributed by atoms with Gasteiger partial charge in [0, 0.05) is 6.54 Å². The fourth-order valence-corrected chi connectivity index (χ4v) is 4.01. The van der Waals surface area contributed by atoms with Gasteiger partial charge in [0.15, 0.2) is 0 Å². The van der Waals surface area contributed by atoms with Crippen molar-refractivity contribution in [3.63, 3.8) is 0 Å². The van der Waals surface area contributed by atoms with Crippen LogP contribution in [0.3, 0.4) is 0 Å². The van der Waals surface area contributed by atoms with Gasteiger partial charge in [0.1, 0.15) is 6.29 Å². The van der Waals surface area contributed by atoms with E-state index in [1.165, 1.54) is 4.31 Å². The minimum Gasteiger partial charge on any atom is -0.302 e. The van der Waals surface area contributed by atoms with E-state index in [1.807, 2.05) is 13.0 Å². The Hall–Kier alpha value is -1.20. The molecule has 0 radical (unpaired) electrons. The van der Waals surface area contributed by atoms with Crippen LogP contribution in [0.15, 0.2) is 29.2 Å². The Kier molecular flexibility index (Phi) is 3.82. The third kappa shape index (κ3) is 2.47. The lowest BCUT2D eigenvalue weighted by Crippen LogP contribution is -2.44. The molecule has 98 valence electrons. The Morgan fingerprint density at radius 1 is 1.33 bits per heavy atom. The van der Waals surface area contributed by atoms with Crippen LogP contribution in [0.2, 0.25) is 0 Å². The highest BCUT2D eigenvalue weighted by molar-refractivity contribution is 7.89. The zero-order valence-corrected chi connectivity index (χ0v) is 11.2. The summed E-state index contributed by atoms with van der Waals surface area (Å²) in [6, 6.07) is 6.29. The van der Waals surface area contributed by atoms with Crippen LogP contribution >= 0.6 is 0 Å². The molecule has 0 aromatic heterocycles. The number of carbonyl (C=O) groups is 1. The van der Waals surface area contributed by atoms with E-state index in [2.05, 4.69) is 0 Å². The molecule has 1 aromatic rings. The van der Waals surface area contributed by atoms with Gasteiger partial charge >= 0.3 is 0 Å². The Morgan fingerprint density at radius 2 is 2.11 bits per heavy atom. The predicted molar refractivity (Wildman–Crippen MR) is 68.8 cm³/mol. The van der Waals surface area contributed by atoms with E-state index < -0.39 is 16.1 Å². The van der Waals surface area contributed by atoms with Gasteiger partial charge in [-0.25, -0.2) is 8.42 Å². The first kappa shape index (κ1) is 13.2. The summed E-state index contributed by atoms with van der Waals surface area (Å²) in [6.07, 6.45) is 3.08. The van der Waals surface area contributed by atoms with Gasteiger partial charge < -0.3 is 4.79 Å². The minimum atomic E-state index is -3.54. The van der Waals surface area contributed by atoms with Gasteiger partial charge in [0.2, 0.25) is 10.0 Å². The SMILES string of the molecule is Cc1cccc(S(=O)(=O)N2CCCCC2C=O)c1. The van der Waals surface area contributed by atoms with E-state index in [9.17, 15) is 13.2 Å². The van der Waals surface area contributed by atoms with Crippen LogP contribution < -0.4 is 0 Å². The smallest absolute Gasteiger partial charge is 0.243 e. The van der Waals surface area contributed by atoms with Gasteiger partial charge in [0.05, 0.1) is 10.9 Å². The van der Waals surface area contributed by atoms with Crippen LogP contribution in [0, 0.1) is 6.92 Å². The second-order valence-electron chi connectivity index (χ2n) is 4.63. The molecule has 0 aliphatic carbocycles. The molecule has 1 aromatic carbocycles. The predicted octanol–water partition coefficient (Wildman–Crippen LogP) is 1.74. The zero-order valence-electron chi connectivity index (χ0n) is 10.4. The van der Waals surface area contributed by atoms with Gasteiger partial charge in [-0.15, -0.1) is 0 Å². The minimum absolute atomic E-state index is 0.274. The lowest BCUT2D eigenvalue weighted by Gasteiger charge is -2.31. The quantitative estimate of drug-likeness (QED) is 0.784. The zero-order chi connectivity index (χ0) is 13.2. The maximum Gasteiger partial charge on any atom is 0.243 e. The molecule has 0 amide bonds. The van der Waals surface area contributed by atoms with Crippen molar-refractivity contribution in [1.82, 2.24) is 4.31 Å². The monoisotopic (exact) mass is 267 g/mol. The summed E-state index contributed by atoms with van der Waals surface area (Å²) in [4.78, 5) is 11.3. The van der Waals surface area contributed by atoms with E-state index >= 15 is 0 Å². The van der Waals surface area contributed by atoms with Crippen molar-refractivity contribution < 1.29 is 13.2 Å². The van der Waals surface area contributed by atoms with Crippen molar-refractivity contribution in [3.8, 4) is 0 Å². The average Bonchev–Trinajstić information content (AvgIpc) is 2.38. The summed E-state index contributed by atoms with van der Waals surface area (Å²) in [5.41, 5.74) is 0.899. The fraction of sp³-hybridized carbons (Fsp3) is 0.462. The Bertz CT molecular complexity index is 539. The van der Waals surface area contributed by atoms with Crippen molar-refractivity contribution >= 4 is 16.3 Å². The molecular formula is C13H17NO3S.